The third-order valence-electron chi connectivity index (χ3n) is 4.04. The van der Waals surface area contributed by atoms with Crippen LogP contribution in [0.4, 0.5) is 0 Å². The van der Waals surface area contributed by atoms with Crippen LogP contribution >= 0.6 is 12.6 Å². The summed E-state index contributed by atoms with van der Waals surface area (Å²) in [5.74, 6) is 2.23. The summed E-state index contributed by atoms with van der Waals surface area (Å²) in [6.07, 6.45) is 8.50. The fraction of sp³-hybridized carbons (Fsp3) is 0.800. The Morgan fingerprint density at radius 1 is 1.24 bits per heavy atom. The molecule has 0 aliphatic heterocycles. The van der Waals surface area contributed by atoms with E-state index in [4.69, 9.17) is 0 Å². The molecular weight excluding hydrogens is 228 g/mol. The van der Waals surface area contributed by atoms with E-state index < -0.39 is 0 Å². The number of thiol groups is 1. The van der Waals surface area contributed by atoms with Gasteiger partial charge in [-0.3, -0.25) is 0 Å². The van der Waals surface area contributed by atoms with Crippen LogP contribution in [0.3, 0.4) is 0 Å². The van der Waals surface area contributed by atoms with Gasteiger partial charge in [-0.1, -0.05) is 32.4 Å². The van der Waals surface area contributed by atoms with Crippen molar-refractivity contribution in [1.29, 1.82) is 0 Å². The molecule has 0 saturated heterocycles. The molecule has 1 nitrogen and oxygen atoms in total. The number of rotatable bonds is 3. The summed E-state index contributed by atoms with van der Waals surface area (Å²) in [4.78, 5) is 11.1. The van der Waals surface area contributed by atoms with Gasteiger partial charge in [0, 0.05) is 5.92 Å². The summed E-state index contributed by atoms with van der Waals surface area (Å²) >= 11 is 3.53. The number of hydrogen-bond acceptors (Lipinski definition) is 2. The molecule has 0 N–H and O–H groups in total. The Labute approximate surface area is 112 Å². The Balaban J connectivity index is 0.00000121. The molecule has 100 valence electrons. The average Bonchev–Trinajstić information content (AvgIpc) is 2.34. The third kappa shape index (κ3) is 4.87. The van der Waals surface area contributed by atoms with Gasteiger partial charge in [0.2, 0.25) is 0 Å². The second kappa shape index (κ2) is 8.79. The van der Waals surface area contributed by atoms with Gasteiger partial charge in [0.05, 0.1) is 0 Å². The summed E-state index contributed by atoms with van der Waals surface area (Å²) in [6.45, 7) is 8.94. The van der Waals surface area contributed by atoms with Gasteiger partial charge in [-0.2, -0.15) is 12.6 Å². The van der Waals surface area contributed by atoms with Crippen LogP contribution in [0, 0.1) is 23.7 Å². The summed E-state index contributed by atoms with van der Waals surface area (Å²) in [6, 6.07) is 0. The first-order valence-electron chi connectivity index (χ1n) is 6.66. The lowest BCUT2D eigenvalue weighted by Crippen LogP contribution is -2.30. The fourth-order valence-electron chi connectivity index (χ4n) is 2.78. The normalized spacial score (nSPS) is 33.6. The fourth-order valence-corrected chi connectivity index (χ4v) is 2.78. The van der Waals surface area contributed by atoms with E-state index in [1.807, 2.05) is 0 Å². The quantitative estimate of drug-likeness (QED) is 0.450. The van der Waals surface area contributed by atoms with Crippen molar-refractivity contribution in [2.75, 3.05) is 6.26 Å². The SMILES string of the molecule is CC/C=C(\C)C1CC(C)C(C)CC1C=O.CS. The molecule has 1 rings (SSSR count). The lowest BCUT2D eigenvalue weighted by atomic mass is 9.67. The lowest BCUT2D eigenvalue weighted by molar-refractivity contribution is -0.114. The summed E-state index contributed by atoms with van der Waals surface area (Å²) in [7, 11) is 0. The highest BCUT2D eigenvalue weighted by molar-refractivity contribution is 7.79. The molecule has 4 unspecified atom stereocenters. The molecule has 0 aromatic rings. The zero-order chi connectivity index (χ0) is 13.4. The van der Waals surface area contributed by atoms with Gasteiger partial charge < -0.3 is 4.79 Å². The van der Waals surface area contributed by atoms with Gasteiger partial charge in [-0.15, -0.1) is 0 Å². The predicted molar refractivity (Wildman–Crippen MR) is 79.6 cm³/mol. The Morgan fingerprint density at radius 2 is 1.76 bits per heavy atom. The van der Waals surface area contributed by atoms with E-state index in [0.29, 0.717) is 11.8 Å². The first-order valence-corrected chi connectivity index (χ1v) is 7.56. The molecule has 1 saturated carbocycles. The van der Waals surface area contributed by atoms with Crippen LogP contribution in [0.2, 0.25) is 0 Å². The maximum atomic E-state index is 11.1. The van der Waals surface area contributed by atoms with Gasteiger partial charge in [0.15, 0.2) is 0 Å². The molecule has 0 aromatic heterocycles. The average molecular weight is 256 g/mol. The molecule has 17 heavy (non-hydrogen) atoms. The van der Waals surface area contributed by atoms with E-state index in [2.05, 4.69) is 46.4 Å². The van der Waals surface area contributed by atoms with Gasteiger partial charge in [0.1, 0.15) is 6.29 Å². The van der Waals surface area contributed by atoms with Crippen molar-refractivity contribution in [3.05, 3.63) is 11.6 Å². The Kier molecular flexibility index (Phi) is 8.67. The summed E-state index contributed by atoms with van der Waals surface area (Å²) < 4.78 is 0. The topological polar surface area (TPSA) is 17.1 Å². The van der Waals surface area contributed by atoms with E-state index in [-0.39, 0.29) is 5.92 Å². The number of carbonyl (C=O) groups excluding carboxylic acids is 1. The molecule has 1 fully saturated rings. The minimum absolute atomic E-state index is 0.263. The molecule has 1 aliphatic carbocycles. The highest BCUT2D eigenvalue weighted by Gasteiger charge is 2.33. The summed E-state index contributed by atoms with van der Waals surface area (Å²) in [5, 5.41) is 0. The largest absolute Gasteiger partial charge is 0.303 e. The van der Waals surface area contributed by atoms with Crippen LogP contribution in [0.15, 0.2) is 11.6 Å². The van der Waals surface area contributed by atoms with Crippen molar-refractivity contribution in [2.24, 2.45) is 23.7 Å². The third-order valence-corrected chi connectivity index (χ3v) is 4.04. The Bertz CT molecular complexity index is 247. The molecule has 2 heteroatoms. The van der Waals surface area contributed by atoms with Crippen LogP contribution in [0.1, 0.15) is 47.0 Å². The van der Waals surface area contributed by atoms with Crippen molar-refractivity contribution < 1.29 is 4.79 Å². The molecule has 4 atom stereocenters. The smallest absolute Gasteiger partial charge is 0.123 e. The van der Waals surface area contributed by atoms with Crippen molar-refractivity contribution in [3.63, 3.8) is 0 Å². The van der Waals surface area contributed by atoms with E-state index >= 15 is 0 Å². The molecule has 0 heterocycles. The number of allylic oxidation sites excluding steroid dienone is 2. The van der Waals surface area contributed by atoms with Crippen molar-refractivity contribution in [1.82, 2.24) is 0 Å². The van der Waals surface area contributed by atoms with Crippen molar-refractivity contribution in [3.8, 4) is 0 Å². The van der Waals surface area contributed by atoms with E-state index in [9.17, 15) is 4.79 Å². The molecule has 1 aliphatic rings. The van der Waals surface area contributed by atoms with Gasteiger partial charge in [0.25, 0.3) is 0 Å². The van der Waals surface area contributed by atoms with Crippen LogP contribution in [-0.4, -0.2) is 12.5 Å². The van der Waals surface area contributed by atoms with Crippen molar-refractivity contribution in [2.45, 2.75) is 47.0 Å². The summed E-state index contributed by atoms with van der Waals surface area (Å²) in [5.41, 5.74) is 1.42. The Hall–Kier alpha value is -0.240. The maximum absolute atomic E-state index is 11.1. The Morgan fingerprint density at radius 3 is 2.24 bits per heavy atom. The van der Waals surface area contributed by atoms with E-state index in [1.54, 1.807) is 6.26 Å². The van der Waals surface area contributed by atoms with Gasteiger partial charge in [-0.25, -0.2) is 0 Å². The first-order chi connectivity index (χ1) is 8.10. The minimum atomic E-state index is 0.263. The van der Waals surface area contributed by atoms with E-state index in [0.717, 1.165) is 18.8 Å². The molecular formula is C15H28OS. The first kappa shape index (κ1) is 16.8. The van der Waals surface area contributed by atoms with Gasteiger partial charge in [-0.05, 0) is 50.2 Å². The second-order valence-corrected chi connectivity index (χ2v) is 5.19. The van der Waals surface area contributed by atoms with Crippen molar-refractivity contribution >= 4 is 18.9 Å². The lowest BCUT2D eigenvalue weighted by Gasteiger charge is -2.37. The zero-order valence-corrected chi connectivity index (χ0v) is 12.8. The van der Waals surface area contributed by atoms with Crippen LogP contribution < -0.4 is 0 Å². The second-order valence-electron chi connectivity index (χ2n) is 5.19. The molecule has 0 bridgehead atoms. The van der Waals surface area contributed by atoms with E-state index in [1.165, 1.54) is 18.3 Å². The predicted octanol–water partition coefficient (Wildman–Crippen LogP) is 4.39. The molecule has 0 amide bonds. The van der Waals surface area contributed by atoms with Gasteiger partial charge >= 0.3 is 0 Å². The maximum Gasteiger partial charge on any atom is 0.123 e. The number of carbonyl (C=O) groups is 1. The number of aldehydes is 1. The molecule has 0 radical (unpaired) electrons. The van der Waals surface area contributed by atoms with Crippen LogP contribution in [-0.2, 0) is 4.79 Å². The van der Waals surface area contributed by atoms with Crippen LogP contribution in [0.5, 0.6) is 0 Å². The minimum Gasteiger partial charge on any atom is -0.303 e. The van der Waals surface area contributed by atoms with Crippen LogP contribution in [0.25, 0.3) is 0 Å². The molecule has 0 aromatic carbocycles. The molecule has 0 spiro atoms. The zero-order valence-electron chi connectivity index (χ0n) is 11.9. The standard InChI is InChI=1S/C14H24O.CH4S/c1-5-6-10(2)14-8-12(4)11(3)7-13(14)9-15;1-2/h6,9,11-14H,5,7-8H2,1-4H3;2H,1H3/b10-6+;. The number of hydrogen-bond donors (Lipinski definition) is 1. The highest BCUT2D eigenvalue weighted by Crippen LogP contribution is 2.40. The highest BCUT2D eigenvalue weighted by atomic mass is 32.1. The monoisotopic (exact) mass is 256 g/mol.